The quantitative estimate of drug-likeness (QED) is 0.383. The van der Waals surface area contributed by atoms with Crippen LogP contribution in [0.5, 0.6) is 0 Å². The summed E-state index contributed by atoms with van der Waals surface area (Å²) in [7, 11) is 0. The van der Waals surface area contributed by atoms with Gasteiger partial charge in [0.25, 0.3) is 5.91 Å². The Hall–Kier alpha value is -2.51. The number of thioether (sulfide) groups is 1. The highest BCUT2D eigenvalue weighted by Gasteiger charge is 2.32. The van der Waals surface area contributed by atoms with Crippen molar-refractivity contribution in [3.63, 3.8) is 0 Å². The molecule has 1 heterocycles. The Labute approximate surface area is 173 Å². The molecular formula is C21H20FN3OS2. The van der Waals surface area contributed by atoms with Gasteiger partial charge in [-0.2, -0.15) is 10.1 Å². The number of hydrogen-bond acceptors (Lipinski definition) is 5. The van der Waals surface area contributed by atoms with E-state index in [0.717, 1.165) is 24.3 Å². The predicted molar refractivity (Wildman–Crippen MR) is 119 cm³/mol. The Morgan fingerprint density at radius 2 is 1.68 bits per heavy atom. The molecule has 7 heteroatoms. The maximum absolute atomic E-state index is 13.0. The second kappa shape index (κ2) is 9.12. The summed E-state index contributed by atoms with van der Waals surface area (Å²) in [5.41, 5.74) is 2.77. The molecule has 28 heavy (non-hydrogen) atoms. The van der Waals surface area contributed by atoms with E-state index in [1.807, 2.05) is 30.3 Å². The van der Waals surface area contributed by atoms with E-state index in [2.05, 4.69) is 23.8 Å². The van der Waals surface area contributed by atoms with Gasteiger partial charge in [0, 0.05) is 18.8 Å². The Morgan fingerprint density at radius 3 is 2.29 bits per heavy atom. The lowest BCUT2D eigenvalue weighted by molar-refractivity contribution is -0.122. The van der Waals surface area contributed by atoms with Crippen molar-refractivity contribution in [1.82, 2.24) is 5.01 Å². The van der Waals surface area contributed by atoms with Gasteiger partial charge < -0.3 is 4.90 Å². The smallest absolute Gasteiger partial charge is 0.286 e. The zero-order valence-electron chi connectivity index (χ0n) is 15.6. The Morgan fingerprint density at radius 1 is 1.07 bits per heavy atom. The molecule has 0 bridgehead atoms. The molecule has 4 nitrogen and oxygen atoms in total. The molecule has 0 radical (unpaired) electrons. The number of amides is 1. The largest absolute Gasteiger partial charge is 0.372 e. The standard InChI is InChI=1S/C21H20FN3OS2/c1-3-24(4-2)18-11-7-15(8-12-18)13-19-20(26)25(21(27)28-19)23-14-16-5-9-17(22)10-6-16/h5-14H,3-4H2,1-2H3/b19-13+,23-14+. The lowest BCUT2D eigenvalue weighted by Crippen LogP contribution is -2.22. The van der Waals surface area contributed by atoms with Crippen LogP contribution in [0.3, 0.4) is 0 Å². The molecule has 1 fully saturated rings. The average Bonchev–Trinajstić information content (AvgIpc) is 2.96. The van der Waals surface area contributed by atoms with Crippen LogP contribution in [-0.4, -0.2) is 34.5 Å². The van der Waals surface area contributed by atoms with Gasteiger partial charge in [0.05, 0.1) is 11.1 Å². The third kappa shape index (κ3) is 4.66. The lowest BCUT2D eigenvalue weighted by Gasteiger charge is -2.20. The highest BCUT2D eigenvalue weighted by molar-refractivity contribution is 8.26. The average molecular weight is 414 g/mol. The zero-order chi connectivity index (χ0) is 20.1. The van der Waals surface area contributed by atoms with Crippen molar-refractivity contribution in [2.75, 3.05) is 18.0 Å². The van der Waals surface area contributed by atoms with Crippen LogP contribution in [-0.2, 0) is 4.79 Å². The van der Waals surface area contributed by atoms with Crippen molar-refractivity contribution in [1.29, 1.82) is 0 Å². The number of benzene rings is 2. The number of halogens is 1. The van der Waals surface area contributed by atoms with Gasteiger partial charge in [-0.25, -0.2) is 4.39 Å². The van der Waals surface area contributed by atoms with Crippen molar-refractivity contribution in [3.8, 4) is 0 Å². The number of hydrazone groups is 1. The van der Waals surface area contributed by atoms with E-state index < -0.39 is 0 Å². The fourth-order valence-electron chi connectivity index (χ4n) is 2.75. The summed E-state index contributed by atoms with van der Waals surface area (Å²) >= 11 is 6.50. The van der Waals surface area contributed by atoms with E-state index in [-0.39, 0.29) is 11.7 Å². The van der Waals surface area contributed by atoms with Crippen molar-refractivity contribution < 1.29 is 9.18 Å². The molecule has 1 aliphatic rings. The Kier molecular flexibility index (Phi) is 6.59. The van der Waals surface area contributed by atoms with Crippen LogP contribution in [0.25, 0.3) is 6.08 Å². The molecule has 1 saturated heterocycles. The number of carbonyl (C=O) groups excluding carboxylic acids is 1. The number of carbonyl (C=O) groups is 1. The van der Waals surface area contributed by atoms with Crippen molar-refractivity contribution in [2.24, 2.45) is 5.10 Å². The highest BCUT2D eigenvalue weighted by atomic mass is 32.2. The Bertz CT molecular complexity index is 920. The summed E-state index contributed by atoms with van der Waals surface area (Å²) in [6, 6.07) is 13.9. The topological polar surface area (TPSA) is 35.9 Å². The van der Waals surface area contributed by atoms with Crippen molar-refractivity contribution >= 4 is 52.2 Å². The third-order valence-corrected chi connectivity index (χ3v) is 5.57. The van der Waals surface area contributed by atoms with Gasteiger partial charge in [0.1, 0.15) is 5.82 Å². The van der Waals surface area contributed by atoms with Gasteiger partial charge in [0.2, 0.25) is 0 Å². The van der Waals surface area contributed by atoms with Crippen molar-refractivity contribution in [3.05, 3.63) is 70.4 Å². The van der Waals surface area contributed by atoms with Gasteiger partial charge in [-0.1, -0.05) is 36.0 Å². The first-order chi connectivity index (χ1) is 13.5. The first kappa shape index (κ1) is 20.2. The van der Waals surface area contributed by atoms with Gasteiger partial charge in [0.15, 0.2) is 4.32 Å². The molecule has 2 aromatic rings. The molecule has 1 aliphatic heterocycles. The number of thiocarbonyl (C=S) groups is 1. The molecular weight excluding hydrogens is 393 g/mol. The van der Waals surface area contributed by atoms with Gasteiger partial charge >= 0.3 is 0 Å². The second-order valence-electron chi connectivity index (χ2n) is 6.05. The summed E-state index contributed by atoms with van der Waals surface area (Å²) in [5, 5.41) is 5.36. The van der Waals surface area contributed by atoms with Gasteiger partial charge in [-0.15, -0.1) is 0 Å². The van der Waals surface area contributed by atoms with Crippen LogP contribution >= 0.6 is 24.0 Å². The maximum Gasteiger partial charge on any atom is 0.286 e. The minimum Gasteiger partial charge on any atom is -0.372 e. The molecule has 1 amide bonds. The third-order valence-electron chi connectivity index (χ3n) is 4.29. The summed E-state index contributed by atoms with van der Waals surface area (Å²) in [4.78, 5) is 15.4. The number of hydrogen-bond donors (Lipinski definition) is 0. The normalized spacial score (nSPS) is 15.8. The van der Waals surface area contributed by atoms with Crippen molar-refractivity contribution in [2.45, 2.75) is 13.8 Å². The highest BCUT2D eigenvalue weighted by Crippen LogP contribution is 2.33. The van der Waals surface area contributed by atoms with Gasteiger partial charge in [-0.05, 0) is 67.5 Å². The predicted octanol–water partition coefficient (Wildman–Crippen LogP) is 4.91. The zero-order valence-corrected chi connectivity index (χ0v) is 17.3. The number of anilines is 1. The van der Waals surface area contributed by atoms with Crippen LogP contribution in [0, 0.1) is 5.82 Å². The minimum absolute atomic E-state index is 0.263. The van der Waals surface area contributed by atoms with E-state index in [4.69, 9.17) is 12.2 Å². The van der Waals surface area contributed by atoms with Crippen LogP contribution in [0.4, 0.5) is 10.1 Å². The number of rotatable bonds is 6. The van der Waals surface area contributed by atoms with Gasteiger partial charge in [-0.3, -0.25) is 4.79 Å². The van der Waals surface area contributed by atoms with Crippen LogP contribution in [0.2, 0.25) is 0 Å². The van der Waals surface area contributed by atoms with E-state index in [1.54, 1.807) is 12.1 Å². The molecule has 0 aliphatic carbocycles. The second-order valence-corrected chi connectivity index (χ2v) is 7.73. The molecule has 0 spiro atoms. The minimum atomic E-state index is -0.322. The summed E-state index contributed by atoms with van der Waals surface area (Å²) in [6.45, 7) is 6.13. The fraction of sp³-hybridized carbons (Fsp3) is 0.190. The maximum atomic E-state index is 13.0. The molecule has 144 valence electrons. The molecule has 0 unspecified atom stereocenters. The summed E-state index contributed by atoms with van der Waals surface area (Å²) < 4.78 is 13.3. The molecule has 2 aromatic carbocycles. The first-order valence-corrected chi connectivity index (χ1v) is 10.2. The molecule has 0 N–H and O–H groups in total. The van der Waals surface area contributed by atoms with E-state index in [9.17, 15) is 9.18 Å². The van der Waals surface area contributed by atoms with Crippen LogP contribution in [0.1, 0.15) is 25.0 Å². The number of nitrogens with zero attached hydrogens (tertiary/aromatic N) is 3. The molecule has 0 saturated carbocycles. The lowest BCUT2D eigenvalue weighted by atomic mass is 10.1. The Balaban J connectivity index is 1.74. The first-order valence-electron chi connectivity index (χ1n) is 8.94. The van der Waals surface area contributed by atoms with E-state index in [1.165, 1.54) is 35.1 Å². The van der Waals surface area contributed by atoms with Crippen LogP contribution in [0.15, 0.2) is 58.5 Å². The van der Waals surface area contributed by atoms with E-state index in [0.29, 0.717) is 14.8 Å². The summed E-state index contributed by atoms with van der Waals surface area (Å²) in [6.07, 6.45) is 3.31. The molecule has 0 aromatic heterocycles. The monoisotopic (exact) mass is 413 g/mol. The van der Waals surface area contributed by atoms with E-state index >= 15 is 0 Å². The SMILES string of the molecule is CCN(CC)c1ccc(/C=C2/SC(=S)N(/N=C/c3ccc(F)cc3)C2=O)cc1. The van der Waals surface area contributed by atoms with Crippen LogP contribution < -0.4 is 4.90 Å². The molecule has 0 atom stereocenters. The fourth-order valence-corrected chi connectivity index (χ4v) is 3.93. The molecule has 3 rings (SSSR count). The summed E-state index contributed by atoms with van der Waals surface area (Å²) in [5.74, 6) is -0.584.